The highest BCUT2D eigenvalue weighted by Crippen LogP contribution is 2.29. The Morgan fingerprint density at radius 3 is 2.69 bits per heavy atom. The standard InChI is InChI=1S/C13H18N2O/c1-9-6-10-8-11(4-5-14)15(2)13(10)12(7-9)16-3/h6-8H,4-5,14H2,1-3H3. The fraction of sp³-hybridized carbons (Fsp3) is 0.385. The van der Waals surface area contributed by atoms with Gasteiger partial charge in [-0.1, -0.05) is 0 Å². The van der Waals surface area contributed by atoms with Gasteiger partial charge in [-0.25, -0.2) is 0 Å². The van der Waals surface area contributed by atoms with E-state index < -0.39 is 0 Å². The van der Waals surface area contributed by atoms with Crippen LogP contribution in [0, 0.1) is 6.92 Å². The molecule has 0 bridgehead atoms. The van der Waals surface area contributed by atoms with E-state index in [0.29, 0.717) is 6.54 Å². The molecular weight excluding hydrogens is 200 g/mol. The van der Waals surface area contributed by atoms with Crippen molar-refractivity contribution in [3.05, 3.63) is 29.5 Å². The molecule has 0 amide bonds. The van der Waals surface area contributed by atoms with E-state index in [1.165, 1.54) is 16.6 Å². The van der Waals surface area contributed by atoms with Crippen LogP contribution < -0.4 is 10.5 Å². The minimum Gasteiger partial charge on any atom is -0.495 e. The molecule has 0 spiro atoms. The van der Waals surface area contributed by atoms with Crippen LogP contribution >= 0.6 is 0 Å². The molecule has 2 aromatic rings. The maximum atomic E-state index is 5.61. The van der Waals surface area contributed by atoms with Crippen molar-refractivity contribution >= 4 is 10.9 Å². The van der Waals surface area contributed by atoms with Crippen LogP contribution in [0.3, 0.4) is 0 Å². The summed E-state index contributed by atoms with van der Waals surface area (Å²) in [6.45, 7) is 2.75. The molecule has 0 saturated heterocycles. The van der Waals surface area contributed by atoms with Crippen molar-refractivity contribution in [2.24, 2.45) is 12.8 Å². The van der Waals surface area contributed by atoms with E-state index in [0.717, 1.165) is 17.7 Å². The summed E-state index contributed by atoms with van der Waals surface area (Å²) in [5.74, 6) is 0.931. The monoisotopic (exact) mass is 218 g/mol. The molecule has 0 fully saturated rings. The van der Waals surface area contributed by atoms with Gasteiger partial charge >= 0.3 is 0 Å². The summed E-state index contributed by atoms with van der Waals surface area (Å²) in [5.41, 5.74) is 9.22. The molecule has 0 aliphatic carbocycles. The Balaban J connectivity index is 2.70. The van der Waals surface area contributed by atoms with Crippen LogP contribution in [0.25, 0.3) is 10.9 Å². The van der Waals surface area contributed by atoms with Gasteiger partial charge in [-0.2, -0.15) is 0 Å². The first-order chi connectivity index (χ1) is 7.67. The average molecular weight is 218 g/mol. The third-order valence-corrected chi connectivity index (χ3v) is 2.96. The number of aryl methyl sites for hydroxylation is 2. The van der Waals surface area contributed by atoms with Crippen molar-refractivity contribution in [3.8, 4) is 5.75 Å². The summed E-state index contributed by atoms with van der Waals surface area (Å²) in [4.78, 5) is 0. The van der Waals surface area contributed by atoms with Crippen molar-refractivity contribution in [2.75, 3.05) is 13.7 Å². The lowest BCUT2D eigenvalue weighted by Gasteiger charge is -2.07. The molecule has 0 saturated carbocycles. The highest BCUT2D eigenvalue weighted by Gasteiger charge is 2.10. The first kappa shape index (κ1) is 11.0. The van der Waals surface area contributed by atoms with Gasteiger partial charge in [0, 0.05) is 18.1 Å². The molecular formula is C13H18N2O. The van der Waals surface area contributed by atoms with Crippen molar-refractivity contribution in [1.82, 2.24) is 4.57 Å². The van der Waals surface area contributed by atoms with Crippen LogP contribution in [0.1, 0.15) is 11.3 Å². The number of nitrogens with zero attached hydrogens (tertiary/aromatic N) is 1. The number of hydrogen-bond acceptors (Lipinski definition) is 2. The molecule has 0 radical (unpaired) electrons. The van der Waals surface area contributed by atoms with Crippen molar-refractivity contribution in [1.29, 1.82) is 0 Å². The normalized spacial score (nSPS) is 11.0. The molecule has 1 heterocycles. The van der Waals surface area contributed by atoms with Crippen LogP contribution in [0.4, 0.5) is 0 Å². The number of nitrogens with two attached hydrogens (primary N) is 1. The van der Waals surface area contributed by atoms with E-state index in [1.54, 1.807) is 7.11 Å². The van der Waals surface area contributed by atoms with Gasteiger partial charge in [-0.3, -0.25) is 0 Å². The van der Waals surface area contributed by atoms with E-state index in [2.05, 4.69) is 36.7 Å². The average Bonchev–Trinajstić information content (AvgIpc) is 2.55. The molecule has 1 aromatic heterocycles. The molecule has 0 aliphatic heterocycles. The first-order valence-electron chi connectivity index (χ1n) is 5.50. The molecule has 2 rings (SSSR count). The second kappa shape index (κ2) is 4.18. The molecule has 0 aliphatic rings. The number of rotatable bonds is 3. The van der Waals surface area contributed by atoms with E-state index in [1.807, 2.05) is 0 Å². The summed E-state index contributed by atoms with van der Waals surface area (Å²) >= 11 is 0. The number of hydrogen-bond donors (Lipinski definition) is 1. The molecule has 3 nitrogen and oxygen atoms in total. The predicted molar refractivity (Wildman–Crippen MR) is 67.0 cm³/mol. The van der Waals surface area contributed by atoms with Gasteiger partial charge in [0.25, 0.3) is 0 Å². The van der Waals surface area contributed by atoms with Gasteiger partial charge in [-0.15, -0.1) is 0 Å². The van der Waals surface area contributed by atoms with Crippen molar-refractivity contribution in [2.45, 2.75) is 13.3 Å². The third-order valence-electron chi connectivity index (χ3n) is 2.96. The van der Waals surface area contributed by atoms with Crippen LogP contribution in [0.15, 0.2) is 18.2 Å². The van der Waals surface area contributed by atoms with E-state index in [4.69, 9.17) is 10.5 Å². The van der Waals surface area contributed by atoms with Crippen LogP contribution in [-0.4, -0.2) is 18.2 Å². The zero-order valence-corrected chi connectivity index (χ0v) is 10.1. The molecule has 0 unspecified atom stereocenters. The Labute approximate surface area is 95.8 Å². The van der Waals surface area contributed by atoms with E-state index >= 15 is 0 Å². The smallest absolute Gasteiger partial charge is 0.143 e. The van der Waals surface area contributed by atoms with Gasteiger partial charge in [-0.05, 0) is 43.7 Å². The van der Waals surface area contributed by atoms with Gasteiger partial charge < -0.3 is 15.0 Å². The fourth-order valence-corrected chi connectivity index (χ4v) is 2.20. The molecule has 2 N–H and O–H groups in total. The topological polar surface area (TPSA) is 40.2 Å². The van der Waals surface area contributed by atoms with Crippen molar-refractivity contribution in [3.63, 3.8) is 0 Å². The molecule has 1 aromatic carbocycles. The summed E-state index contributed by atoms with van der Waals surface area (Å²) in [7, 11) is 3.77. The molecule has 0 atom stereocenters. The Morgan fingerprint density at radius 2 is 2.06 bits per heavy atom. The fourth-order valence-electron chi connectivity index (χ4n) is 2.20. The maximum Gasteiger partial charge on any atom is 0.143 e. The lowest BCUT2D eigenvalue weighted by Crippen LogP contribution is -2.06. The third kappa shape index (κ3) is 1.67. The van der Waals surface area contributed by atoms with E-state index in [-0.39, 0.29) is 0 Å². The highest BCUT2D eigenvalue weighted by molar-refractivity contribution is 5.87. The summed E-state index contributed by atoms with van der Waals surface area (Å²) < 4.78 is 7.60. The van der Waals surface area contributed by atoms with E-state index in [9.17, 15) is 0 Å². The number of fused-ring (bicyclic) bond motifs is 1. The molecule has 86 valence electrons. The van der Waals surface area contributed by atoms with Crippen LogP contribution in [0.2, 0.25) is 0 Å². The number of ether oxygens (including phenoxy) is 1. The van der Waals surface area contributed by atoms with Crippen LogP contribution in [0.5, 0.6) is 5.75 Å². The Kier molecular flexibility index (Phi) is 2.88. The SMILES string of the molecule is COc1cc(C)cc2cc(CCN)n(C)c12. The minimum atomic E-state index is 0.672. The summed E-state index contributed by atoms with van der Waals surface area (Å²) in [5, 5.41) is 1.22. The zero-order valence-electron chi connectivity index (χ0n) is 10.1. The second-order valence-corrected chi connectivity index (χ2v) is 4.14. The molecule has 16 heavy (non-hydrogen) atoms. The van der Waals surface area contributed by atoms with Crippen molar-refractivity contribution < 1.29 is 4.74 Å². The number of benzene rings is 1. The molecule has 3 heteroatoms. The maximum absolute atomic E-state index is 5.61. The Hall–Kier alpha value is -1.48. The van der Waals surface area contributed by atoms with Gasteiger partial charge in [0.2, 0.25) is 0 Å². The summed E-state index contributed by atoms with van der Waals surface area (Å²) in [6, 6.07) is 6.43. The first-order valence-corrected chi connectivity index (χ1v) is 5.50. The number of aromatic nitrogens is 1. The van der Waals surface area contributed by atoms with Crippen LogP contribution in [-0.2, 0) is 13.5 Å². The summed E-state index contributed by atoms with van der Waals surface area (Å²) in [6.07, 6.45) is 0.896. The zero-order chi connectivity index (χ0) is 11.7. The lowest BCUT2D eigenvalue weighted by molar-refractivity contribution is 0.417. The second-order valence-electron chi connectivity index (χ2n) is 4.14. The Bertz CT molecular complexity index is 514. The van der Waals surface area contributed by atoms with Gasteiger partial charge in [0.05, 0.1) is 12.6 Å². The minimum absolute atomic E-state index is 0.672. The van der Waals surface area contributed by atoms with Gasteiger partial charge in [0.1, 0.15) is 5.75 Å². The highest BCUT2D eigenvalue weighted by atomic mass is 16.5. The Morgan fingerprint density at radius 1 is 1.31 bits per heavy atom. The predicted octanol–water partition coefficient (Wildman–Crippen LogP) is 2.00. The number of methoxy groups -OCH3 is 1. The quantitative estimate of drug-likeness (QED) is 0.856. The van der Waals surface area contributed by atoms with Gasteiger partial charge in [0.15, 0.2) is 0 Å². The lowest BCUT2D eigenvalue weighted by atomic mass is 10.1. The largest absolute Gasteiger partial charge is 0.495 e.